The number of carbonyl (C=O) groups is 1. The molecule has 112 valence electrons. The Morgan fingerprint density at radius 1 is 1.21 bits per heavy atom. The van der Waals surface area contributed by atoms with Crippen LogP contribution >= 0.6 is 0 Å². The zero-order valence-electron chi connectivity index (χ0n) is 13.5. The molecule has 0 heterocycles. The molecular formula is C15H31N3O. The number of nitrogens with one attached hydrogen (secondary N) is 1. The van der Waals surface area contributed by atoms with Gasteiger partial charge in [0.1, 0.15) is 0 Å². The fourth-order valence-corrected chi connectivity index (χ4v) is 2.60. The first kappa shape index (κ1) is 16.4. The van der Waals surface area contributed by atoms with Gasteiger partial charge in [-0.05, 0) is 54.1 Å². The lowest BCUT2D eigenvalue weighted by atomic mass is 9.75. The van der Waals surface area contributed by atoms with Gasteiger partial charge in [-0.15, -0.1) is 0 Å². The summed E-state index contributed by atoms with van der Waals surface area (Å²) in [6.45, 7) is 7.97. The van der Waals surface area contributed by atoms with E-state index in [0.29, 0.717) is 6.42 Å². The van der Waals surface area contributed by atoms with Crippen LogP contribution in [0.5, 0.6) is 0 Å². The Balaban J connectivity index is 2.36. The Kier molecular flexibility index (Phi) is 5.39. The van der Waals surface area contributed by atoms with Crippen LogP contribution in [0.25, 0.3) is 0 Å². The van der Waals surface area contributed by atoms with Gasteiger partial charge in [-0.25, -0.2) is 0 Å². The van der Waals surface area contributed by atoms with E-state index in [9.17, 15) is 4.79 Å². The van der Waals surface area contributed by atoms with Crippen molar-refractivity contribution in [3.8, 4) is 0 Å². The molecule has 1 N–H and O–H groups in total. The summed E-state index contributed by atoms with van der Waals surface area (Å²) in [5.41, 5.74) is 0.305. The standard InChI is InChI=1S/C15H31N3O/c1-14(2,3)16-11-8-13(19)18(6)12-15(17(4)5)9-7-10-15/h16H,7-12H2,1-6H3. The van der Waals surface area contributed by atoms with Crippen LogP contribution in [-0.4, -0.2) is 61.0 Å². The molecule has 0 bridgehead atoms. The van der Waals surface area contributed by atoms with Gasteiger partial charge in [-0.2, -0.15) is 0 Å². The highest BCUT2D eigenvalue weighted by Crippen LogP contribution is 2.36. The highest BCUT2D eigenvalue weighted by atomic mass is 16.2. The number of rotatable bonds is 6. The first-order valence-corrected chi connectivity index (χ1v) is 7.33. The number of amides is 1. The molecule has 1 fully saturated rings. The molecule has 19 heavy (non-hydrogen) atoms. The molecule has 1 rings (SSSR count). The van der Waals surface area contributed by atoms with E-state index in [0.717, 1.165) is 13.1 Å². The number of nitrogens with zero attached hydrogens (tertiary/aromatic N) is 2. The van der Waals surface area contributed by atoms with Gasteiger partial charge in [0.05, 0.1) is 0 Å². The number of likely N-dealkylation sites (N-methyl/N-ethyl adjacent to an activating group) is 2. The molecule has 0 aliphatic heterocycles. The van der Waals surface area contributed by atoms with Gasteiger partial charge in [0.25, 0.3) is 0 Å². The van der Waals surface area contributed by atoms with Crippen molar-refractivity contribution in [2.24, 2.45) is 0 Å². The molecule has 0 radical (unpaired) electrons. The van der Waals surface area contributed by atoms with Crippen LogP contribution in [0, 0.1) is 0 Å². The van der Waals surface area contributed by atoms with E-state index < -0.39 is 0 Å². The number of hydrogen-bond acceptors (Lipinski definition) is 3. The fourth-order valence-electron chi connectivity index (χ4n) is 2.60. The molecule has 0 spiro atoms. The van der Waals surface area contributed by atoms with E-state index in [1.165, 1.54) is 19.3 Å². The van der Waals surface area contributed by atoms with E-state index in [2.05, 4.69) is 45.1 Å². The Hall–Kier alpha value is -0.610. The quantitative estimate of drug-likeness (QED) is 0.797. The molecule has 0 aromatic heterocycles. The first-order chi connectivity index (χ1) is 8.66. The van der Waals surface area contributed by atoms with Gasteiger partial charge in [-0.3, -0.25) is 4.79 Å². The molecule has 1 amide bonds. The van der Waals surface area contributed by atoms with E-state index in [1.54, 1.807) is 0 Å². The van der Waals surface area contributed by atoms with Gasteiger partial charge in [0.15, 0.2) is 0 Å². The van der Waals surface area contributed by atoms with E-state index >= 15 is 0 Å². The first-order valence-electron chi connectivity index (χ1n) is 7.33. The summed E-state index contributed by atoms with van der Waals surface area (Å²) in [6.07, 6.45) is 4.28. The predicted octanol–water partition coefficient (Wildman–Crippen LogP) is 1.71. The normalized spacial score (nSPS) is 18.3. The molecule has 1 aliphatic rings. The van der Waals surface area contributed by atoms with Crippen LogP contribution in [-0.2, 0) is 4.79 Å². The summed E-state index contributed by atoms with van der Waals surface area (Å²) in [5.74, 6) is 0.241. The minimum Gasteiger partial charge on any atom is -0.344 e. The average Bonchev–Trinajstić information content (AvgIpc) is 2.20. The lowest BCUT2D eigenvalue weighted by Gasteiger charge is -2.49. The summed E-state index contributed by atoms with van der Waals surface area (Å²) in [7, 11) is 6.18. The second-order valence-electron chi connectivity index (χ2n) is 7.15. The summed E-state index contributed by atoms with van der Waals surface area (Å²) in [6, 6.07) is 0. The molecule has 1 aliphatic carbocycles. The van der Waals surface area contributed by atoms with Crippen molar-refractivity contribution in [2.75, 3.05) is 34.2 Å². The Bertz CT molecular complexity index is 303. The summed E-state index contributed by atoms with van der Waals surface area (Å²) in [4.78, 5) is 16.3. The van der Waals surface area contributed by atoms with Crippen LogP contribution in [0.15, 0.2) is 0 Å². The zero-order chi connectivity index (χ0) is 14.7. The van der Waals surface area contributed by atoms with Crippen molar-refractivity contribution >= 4 is 5.91 Å². The molecule has 0 unspecified atom stereocenters. The third-order valence-corrected chi connectivity index (χ3v) is 4.18. The maximum atomic E-state index is 12.1. The molecule has 0 atom stereocenters. The zero-order valence-corrected chi connectivity index (χ0v) is 13.5. The van der Waals surface area contributed by atoms with Gasteiger partial charge >= 0.3 is 0 Å². The second-order valence-corrected chi connectivity index (χ2v) is 7.15. The van der Waals surface area contributed by atoms with Crippen molar-refractivity contribution in [1.82, 2.24) is 15.1 Å². The van der Waals surface area contributed by atoms with Crippen molar-refractivity contribution < 1.29 is 4.79 Å². The van der Waals surface area contributed by atoms with Gasteiger partial charge < -0.3 is 15.1 Å². The molecule has 4 nitrogen and oxygen atoms in total. The predicted molar refractivity (Wildman–Crippen MR) is 80.3 cm³/mol. The fraction of sp³-hybridized carbons (Fsp3) is 0.933. The van der Waals surface area contributed by atoms with Crippen LogP contribution in [0.3, 0.4) is 0 Å². The maximum absolute atomic E-state index is 12.1. The van der Waals surface area contributed by atoms with Crippen molar-refractivity contribution in [3.05, 3.63) is 0 Å². The molecule has 0 aromatic carbocycles. The minimum absolute atomic E-state index is 0.0810. The third-order valence-electron chi connectivity index (χ3n) is 4.18. The molecular weight excluding hydrogens is 238 g/mol. The molecule has 0 saturated heterocycles. The van der Waals surface area contributed by atoms with E-state index in [4.69, 9.17) is 0 Å². The van der Waals surface area contributed by atoms with Crippen molar-refractivity contribution in [2.45, 2.75) is 57.5 Å². The monoisotopic (exact) mass is 269 g/mol. The van der Waals surface area contributed by atoms with Crippen LogP contribution in [0.4, 0.5) is 0 Å². The summed E-state index contributed by atoms with van der Waals surface area (Å²) in [5, 5.41) is 3.36. The largest absolute Gasteiger partial charge is 0.344 e. The molecule has 0 aromatic rings. The average molecular weight is 269 g/mol. The van der Waals surface area contributed by atoms with Gasteiger partial charge in [0.2, 0.25) is 5.91 Å². The maximum Gasteiger partial charge on any atom is 0.223 e. The Morgan fingerprint density at radius 3 is 2.16 bits per heavy atom. The van der Waals surface area contributed by atoms with Crippen LogP contribution in [0.2, 0.25) is 0 Å². The SMILES string of the molecule is CN(CC1(N(C)C)CCC1)C(=O)CCNC(C)(C)C. The topological polar surface area (TPSA) is 35.6 Å². The summed E-state index contributed by atoms with van der Waals surface area (Å²) < 4.78 is 0. The Morgan fingerprint density at radius 2 is 1.79 bits per heavy atom. The van der Waals surface area contributed by atoms with E-state index in [1.807, 2.05) is 11.9 Å². The van der Waals surface area contributed by atoms with Crippen LogP contribution in [0.1, 0.15) is 46.5 Å². The van der Waals surface area contributed by atoms with Gasteiger partial charge in [0, 0.05) is 37.6 Å². The van der Waals surface area contributed by atoms with Crippen molar-refractivity contribution in [3.63, 3.8) is 0 Å². The minimum atomic E-state index is 0.0810. The van der Waals surface area contributed by atoms with Crippen LogP contribution < -0.4 is 5.32 Å². The second kappa shape index (κ2) is 6.23. The molecule has 4 heteroatoms. The highest BCUT2D eigenvalue weighted by molar-refractivity contribution is 5.76. The van der Waals surface area contributed by atoms with Crippen molar-refractivity contribution in [1.29, 1.82) is 0 Å². The lowest BCUT2D eigenvalue weighted by Crippen LogP contribution is -2.57. The van der Waals surface area contributed by atoms with E-state index in [-0.39, 0.29) is 17.0 Å². The summed E-state index contributed by atoms with van der Waals surface area (Å²) >= 11 is 0. The Labute approximate surface area is 118 Å². The van der Waals surface area contributed by atoms with Gasteiger partial charge in [-0.1, -0.05) is 0 Å². The third kappa shape index (κ3) is 4.77. The highest BCUT2D eigenvalue weighted by Gasteiger charge is 2.40. The number of hydrogen-bond donors (Lipinski definition) is 1. The molecule has 1 saturated carbocycles. The lowest BCUT2D eigenvalue weighted by molar-refractivity contribution is -0.132. The number of carbonyl (C=O) groups excluding carboxylic acids is 1. The smallest absolute Gasteiger partial charge is 0.223 e.